The molecule has 6 N–H and O–H groups in total. The van der Waals surface area contributed by atoms with E-state index in [1.807, 2.05) is 46.8 Å². The Balaban J connectivity index is 0.00000541. The molecule has 7 unspecified atom stereocenters. The van der Waals surface area contributed by atoms with Crippen LogP contribution < -0.4 is 29.6 Å². The molecule has 0 aromatic rings. The predicted molar refractivity (Wildman–Crippen MR) is 171 cm³/mol. The van der Waals surface area contributed by atoms with Gasteiger partial charge in [-0.2, -0.15) is 0 Å². The average Bonchev–Trinajstić information content (AvgIpc) is 3.20. The standard InChI is InChI=1S/C34H58O13S.Na/c1-17(2)19(15-35)8-7-18(3)25-27(39)28(47-48(41,42)43)30-33(25,5)12-10-24-32(4)11-9-20(13-21(32)22(36)14-34(24,30)40)46-31-29(44-6)26(38)23(37)16-45-31;/h7-8,17-31,35-40H,9-16H2,1-6H3,(H,41,42,43);/q;+1/p-1/b8-7+;/t18-,19-,20+,21?,22-,23?,24?,25+,26?,27-,28+,29?,30?,31?,32+,33-,34+;/m1./s1. The van der Waals surface area contributed by atoms with Crippen molar-refractivity contribution in [3.63, 3.8) is 0 Å². The van der Waals surface area contributed by atoms with Crippen LogP contribution in [0, 0.1) is 52.3 Å². The monoisotopic (exact) mass is 728 g/mol. The van der Waals surface area contributed by atoms with Gasteiger partial charge in [0.05, 0.1) is 30.5 Å². The van der Waals surface area contributed by atoms with Crippen LogP contribution in [-0.4, -0.2) is 119 Å². The summed E-state index contributed by atoms with van der Waals surface area (Å²) in [5, 5.41) is 66.7. The Morgan fingerprint density at radius 2 is 1.63 bits per heavy atom. The maximum absolute atomic E-state index is 12.8. The second kappa shape index (κ2) is 15.5. The molecule has 0 spiro atoms. The molecule has 13 nitrogen and oxygen atoms in total. The number of hydrogen-bond acceptors (Lipinski definition) is 13. The van der Waals surface area contributed by atoms with E-state index < -0.39 is 87.5 Å². The molecule has 5 aliphatic rings. The molecule has 1 heterocycles. The molecule has 0 radical (unpaired) electrons. The van der Waals surface area contributed by atoms with Gasteiger partial charge >= 0.3 is 29.6 Å². The summed E-state index contributed by atoms with van der Waals surface area (Å²) in [6, 6.07) is 0. The fourth-order valence-electron chi connectivity index (χ4n) is 11.0. The van der Waals surface area contributed by atoms with Crippen molar-refractivity contribution in [3.8, 4) is 0 Å². The smallest absolute Gasteiger partial charge is 0.726 e. The van der Waals surface area contributed by atoms with Crippen molar-refractivity contribution in [2.45, 2.75) is 128 Å². The van der Waals surface area contributed by atoms with Crippen LogP contribution >= 0.6 is 0 Å². The first-order chi connectivity index (χ1) is 22.3. The second-order valence-corrected chi connectivity index (χ2v) is 17.3. The van der Waals surface area contributed by atoms with Gasteiger partial charge in [0.1, 0.15) is 24.4 Å². The third kappa shape index (κ3) is 7.64. The van der Waals surface area contributed by atoms with Gasteiger partial charge in [0.15, 0.2) is 6.29 Å². The van der Waals surface area contributed by atoms with Gasteiger partial charge in [0, 0.05) is 32.0 Å². The summed E-state index contributed by atoms with van der Waals surface area (Å²) in [6.45, 7) is 9.70. The minimum Gasteiger partial charge on any atom is -0.726 e. The number of methoxy groups -OCH3 is 1. The van der Waals surface area contributed by atoms with Crippen LogP contribution in [0.15, 0.2) is 12.2 Å². The molecule has 5 rings (SSSR count). The molecule has 0 aromatic heterocycles. The van der Waals surface area contributed by atoms with Crippen LogP contribution in [0.5, 0.6) is 0 Å². The van der Waals surface area contributed by atoms with Crippen molar-refractivity contribution in [1.29, 1.82) is 0 Å². The fourth-order valence-corrected chi connectivity index (χ4v) is 11.5. The summed E-state index contributed by atoms with van der Waals surface area (Å²) in [5.41, 5.74) is -3.10. The van der Waals surface area contributed by atoms with Gasteiger partial charge in [0.2, 0.25) is 10.4 Å². The Morgan fingerprint density at radius 3 is 2.22 bits per heavy atom. The quantitative estimate of drug-likeness (QED) is 0.0477. The zero-order chi connectivity index (χ0) is 35.6. The summed E-state index contributed by atoms with van der Waals surface area (Å²) in [5.74, 6) is -2.50. The van der Waals surface area contributed by atoms with E-state index >= 15 is 0 Å². The van der Waals surface area contributed by atoms with E-state index in [1.165, 1.54) is 7.11 Å². The van der Waals surface area contributed by atoms with Gasteiger partial charge in [-0.1, -0.05) is 46.8 Å². The molecular weight excluding hydrogens is 671 g/mol. The van der Waals surface area contributed by atoms with E-state index in [2.05, 4.69) is 0 Å². The number of aliphatic hydroxyl groups is 6. The minimum absolute atomic E-state index is 0. The van der Waals surface area contributed by atoms with E-state index in [1.54, 1.807) is 0 Å². The SMILES string of the molecule is COC1C(O[C@H]2CC[C@@]3(C)C(C2)[C@H](O)C[C@]2(O)C3CC[C@@]3(C)C2[C@@H](OS(=O)(=O)[O-])[C@H](O)[C@@H]3[C@H](C)/C=C/[C@H](CO)C(C)C)OCC(O)C1O.[Na+]. The molecule has 5 fully saturated rings. The molecule has 278 valence electrons. The molecule has 17 atom stereocenters. The average molecular weight is 729 g/mol. The maximum Gasteiger partial charge on any atom is 1.00 e. The van der Waals surface area contributed by atoms with Gasteiger partial charge in [-0.05, 0) is 72.5 Å². The maximum atomic E-state index is 12.8. The molecule has 4 aliphatic carbocycles. The zero-order valence-electron chi connectivity index (χ0n) is 29.9. The molecular formula is C34H57NaO13S. The van der Waals surface area contributed by atoms with Crippen LogP contribution in [0.25, 0.3) is 0 Å². The number of hydrogen-bond donors (Lipinski definition) is 6. The van der Waals surface area contributed by atoms with Crippen molar-refractivity contribution in [1.82, 2.24) is 0 Å². The number of rotatable bonds is 10. The fraction of sp³-hybridized carbons (Fsp3) is 0.941. The van der Waals surface area contributed by atoms with Gasteiger partial charge in [-0.3, -0.25) is 4.18 Å². The van der Waals surface area contributed by atoms with Crippen LogP contribution in [0.2, 0.25) is 0 Å². The van der Waals surface area contributed by atoms with Crippen molar-refractivity contribution < 1.29 is 91.6 Å². The molecule has 15 heteroatoms. The van der Waals surface area contributed by atoms with E-state index in [0.29, 0.717) is 32.1 Å². The number of aliphatic hydroxyl groups excluding tert-OH is 5. The zero-order valence-corrected chi connectivity index (χ0v) is 32.7. The topological polar surface area (TPSA) is 215 Å². The summed E-state index contributed by atoms with van der Waals surface area (Å²) in [7, 11) is -3.86. The van der Waals surface area contributed by atoms with E-state index in [9.17, 15) is 43.6 Å². The Kier molecular flexibility index (Phi) is 13.3. The van der Waals surface area contributed by atoms with Crippen LogP contribution in [0.3, 0.4) is 0 Å². The second-order valence-electron chi connectivity index (χ2n) is 16.3. The number of ether oxygens (including phenoxy) is 3. The van der Waals surface area contributed by atoms with Crippen molar-refractivity contribution in [2.24, 2.45) is 52.3 Å². The normalized spacial score (nSPS) is 48.4. The predicted octanol–water partition coefficient (Wildman–Crippen LogP) is -1.90. The first-order valence-electron chi connectivity index (χ1n) is 17.5. The molecule has 49 heavy (non-hydrogen) atoms. The Labute approximate surface area is 313 Å². The molecule has 4 saturated carbocycles. The molecule has 0 aromatic carbocycles. The van der Waals surface area contributed by atoms with Crippen molar-refractivity contribution in [2.75, 3.05) is 20.3 Å². The number of fused-ring (bicyclic) bond motifs is 5. The van der Waals surface area contributed by atoms with Gasteiger partial charge < -0.3 is 49.4 Å². The van der Waals surface area contributed by atoms with Crippen LogP contribution in [-0.2, 0) is 28.8 Å². The van der Waals surface area contributed by atoms with Crippen LogP contribution in [0.4, 0.5) is 0 Å². The summed E-state index contributed by atoms with van der Waals surface area (Å²) >= 11 is 0. The van der Waals surface area contributed by atoms with Crippen molar-refractivity contribution >= 4 is 10.4 Å². The molecule has 0 bridgehead atoms. The largest absolute Gasteiger partial charge is 1.00 e. The molecule has 1 saturated heterocycles. The Bertz CT molecular complexity index is 1270. The van der Waals surface area contributed by atoms with E-state index in [-0.39, 0.29) is 79.0 Å². The first-order valence-corrected chi connectivity index (χ1v) is 18.8. The Hall–Kier alpha value is 0.250. The summed E-state index contributed by atoms with van der Waals surface area (Å²) in [6.07, 6.45) is -2.01. The third-order valence-electron chi connectivity index (χ3n) is 13.3. The van der Waals surface area contributed by atoms with E-state index in [0.717, 1.165) is 0 Å². The van der Waals surface area contributed by atoms with Gasteiger partial charge in [-0.25, -0.2) is 8.42 Å². The van der Waals surface area contributed by atoms with Gasteiger partial charge in [0.25, 0.3) is 0 Å². The molecule has 1 aliphatic heterocycles. The molecule has 0 amide bonds. The minimum atomic E-state index is -5.27. The van der Waals surface area contributed by atoms with Crippen LogP contribution in [0.1, 0.15) is 73.1 Å². The summed E-state index contributed by atoms with van der Waals surface area (Å²) in [4.78, 5) is 0. The van der Waals surface area contributed by atoms with Gasteiger partial charge in [-0.15, -0.1) is 0 Å². The number of allylic oxidation sites excluding steroid dienone is 1. The Morgan fingerprint density at radius 1 is 0.980 bits per heavy atom. The van der Waals surface area contributed by atoms with E-state index in [4.69, 9.17) is 18.4 Å². The third-order valence-corrected chi connectivity index (χ3v) is 13.8. The van der Waals surface area contributed by atoms with Crippen molar-refractivity contribution in [3.05, 3.63) is 12.2 Å². The summed E-state index contributed by atoms with van der Waals surface area (Å²) < 4.78 is 58.7. The first kappa shape index (κ1) is 42.0.